The number of hydrogen-bond acceptors (Lipinski definition) is 4. The number of hydrogen-bond donors (Lipinski definition) is 0. The summed E-state index contributed by atoms with van der Waals surface area (Å²) >= 11 is 0. The Kier molecular flexibility index (Phi) is 9.46. The number of anilines is 3. The molecule has 0 radical (unpaired) electrons. The van der Waals surface area contributed by atoms with Gasteiger partial charge < -0.3 is 9.64 Å². The van der Waals surface area contributed by atoms with Crippen LogP contribution >= 0.6 is 0 Å². The first-order valence-electron chi connectivity index (χ1n) is 15.8. The highest BCUT2D eigenvalue weighted by atomic mass is 32.2. The average molecular weight is 614 g/mol. The van der Waals surface area contributed by atoms with Gasteiger partial charge >= 0.3 is 0 Å². The van der Waals surface area contributed by atoms with Crippen LogP contribution in [0.15, 0.2) is 138 Å². The molecule has 6 rings (SSSR count). The molecule has 0 spiro atoms. The highest BCUT2D eigenvalue weighted by Crippen LogP contribution is 2.50. The van der Waals surface area contributed by atoms with Crippen molar-refractivity contribution in [3.63, 3.8) is 0 Å². The molecule has 0 atom stereocenters. The Morgan fingerprint density at radius 3 is 1.51 bits per heavy atom. The van der Waals surface area contributed by atoms with Crippen molar-refractivity contribution in [3.05, 3.63) is 145 Å². The average Bonchev–Trinajstić information content (AvgIpc) is 3.09. The smallest absolute Gasteiger partial charge is 0.206 e. The summed E-state index contributed by atoms with van der Waals surface area (Å²) < 4.78 is 33.1. The van der Waals surface area contributed by atoms with E-state index in [0.717, 1.165) is 47.8 Å². The van der Waals surface area contributed by atoms with E-state index in [2.05, 4.69) is 35.7 Å². The summed E-state index contributed by atoms with van der Waals surface area (Å²) in [7, 11) is -3.63. The van der Waals surface area contributed by atoms with Crippen molar-refractivity contribution in [3.8, 4) is 11.5 Å². The number of nitrogens with zero attached hydrogens (tertiary/aromatic N) is 1. The van der Waals surface area contributed by atoms with E-state index in [-0.39, 0.29) is 4.90 Å². The predicted molar refractivity (Wildman–Crippen MR) is 185 cm³/mol. The maximum absolute atomic E-state index is 13.5. The van der Waals surface area contributed by atoms with Crippen LogP contribution in [-0.2, 0) is 22.7 Å². The van der Waals surface area contributed by atoms with Gasteiger partial charge in [-0.1, -0.05) is 99.0 Å². The molecule has 1 aliphatic heterocycles. The molecule has 228 valence electrons. The lowest BCUT2D eigenvalue weighted by Gasteiger charge is -2.32. The molecule has 45 heavy (non-hydrogen) atoms. The van der Waals surface area contributed by atoms with Gasteiger partial charge in [-0.05, 0) is 103 Å². The lowest BCUT2D eigenvalue weighted by Crippen LogP contribution is -2.15. The molecule has 4 nitrogen and oxygen atoms in total. The zero-order chi connectivity index (χ0) is 31.1. The maximum Gasteiger partial charge on any atom is 0.206 e. The minimum absolute atomic E-state index is 0.280. The summed E-state index contributed by atoms with van der Waals surface area (Å²) in [6.45, 7) is 3.81. The number of fused-ring (bicyclic) bond motifs is 2. The van der Waals surface area contributed by atoms with Crippen LogP contribution in [0.5, 0.6) is 11.5 Å². The standard InChI is InChI=1S/C40H39NO3S/c1-2-31-19-21-32(22-20-31)13-7-5-3-4-6-8-14-33-23-27-35(28-24-33)45(42,43)36-29-25-34(26-30-36)41-37-15-9-11-17-39(37)44-40-18-12-10-16-38(40)41/h2,9-12,15-30H,1,3-8,13-14H2. The lowest BCUT2D eigenvalue weighted by molar-refractivity contribution is 0.477. The Morgan fingerprint density at radius 1 is 0.556 bits per heavy atom. The summed E-state index contributed by atoms with van der Waals surface area (Å²) in [6.07, 6.45) is 11.3. The third-order valence-electron chi connectivity index (χ3n) is 8.47. The molecule has 0 fully saturated rings. The SMILES string of the molecule is C=Cc1ccc(CCCCCCCCc2ccc(S(=O)(=O)c3ccc(N4c5ccccc5Oc5ccccc54)cc3)cc2)cc1. The Labute approximate surface area is 267 Å². The van der Waals surface area contributed by atoms with Crippen molar-refractivity contribution in [2.24, 2.45) is 0 Å². The number of benzene rings is 5. The van der Waals surface area contributed by atoms with Crippen molar-refractivity contribution < 1.29 is 13.2 Å². The van der Waals surface area contributed by atoms with E-state index >= 15 is 0 Å². The van der Waals surface area contributed by atoms with Crippen LogP contribution in [0.4, 0.5) is 17.1 Å². The summed E-state index contributed by atoms with van der Waals surface area (Å²) in [5.74, 6) is 1.52. The number of para-hydroxylation sites is 4. The number of sulfone groups is 1. The van der Waals surface area contributed by atoms with Gasteiger partial charge in [0, 0.05) is 5.69 Å². The third-order valence-corrected chi connectivity index (χ3v) is 10.3. The molecule has 5 aromatic carbocycles. The molecule has 0 amide bonds. The molecule has 0 unspecified atom stereocenters. The number of rotatable bonds is 13. The van der Waals surface area contributed by atoms with Gasteiger partial charge in [-0.15, -0.1) is 0 Å². The molecule has 0 aromatic heterocycles. The number of ether oxygens (including phenoxy) is 1. The van der Waals surface area contributed by atoms with Crippen LogP contribution in [0, 0.1) is 0 Å². The molecule has 5 heteroatoms. The topological polar surface area (TPSA) is 46.6 Å². The molecule has 0 aliphatic carbocycles. The Bertz CT molecular complexity index is 1800. The largest absolute Gasteiger partial charge is 0.453 e. The van der Waals surface area contributed by atoms with Gasteiger partial charge in [-0.3, -0.25) is 0 Å². The van der Waals surface area contributed by atoms with Gasteiger partial charge in [0.05, 0.1) is 21.2 Å². The number of unbranched alkanes of at least 4 members (excludes halogenated alkanes) is 5. The van der Waals surface area contributed by atoms with E-state index in [9.17, 15) is 8.42 Å². The summed E-state index contributed by atoms with van der Waals surface area (Å²) in [5.41, 5.74) is 6.43. The summed E-state index contributed by atoms with van der Waals surface area (Å²) in [6, 6.07) is 38.9. The van der Waals surface area contributed by atoms with Crippen LogP contribution < -0.4 is 9.64 Å². The molecule has 0 saturated carbocycles. The van der Waals surface area contributed by atoms with Crippen LogP contribution in [0.25, 0.3) is 6.08 Å². The number of aryl methyl sites for hydroxylation is 2. The van der Waals surface area contributed by atoms with Crippen LogP contribution in [0.2, 0.25) is 0 Å². The van der Waals surface area contributed by atoms with Gasteiger partial charge in [-0.25, -0.2) is 8.42 Å². The lowest BCUT2D eigenvalue weighted by atomic mass is 10.0. The second kappa shape index (κ2) is 14.0. The monoisotopic (exact) mass is 613 g/mol. The van der Waals surface area contributed by atoms with Gasteiger partial charge in [-0.2, -0.15) is 0 Å². The predicted octanol–water partition coefficient (Wildman–Crippen LogP) is 10.9. The van der Waals surface area contributed by atoms with Crippen molar-refractivity contribution in [2.45, 2.75) is 61.2 Å². The molecular formula is C40H39NO3S. The second-order valence-corrected chi connectivity index (χ2v) is 13.5. The minimum Gasteiger partial charge on any atom is -0.453 e. The van der Waals surface area contributed by atoms with E-state index in [1.807, 2.05) is 78.9 Å². The van der Waals surface area contributed by atoms with Crippen LogP contribution in [-0.4, -0.2) is 8.42 Å². The normalized spacial score (nSPS) is 12.2. The second-order valence-electron chi connectivity index (χ2n) is 11.6. The fraction of sp³-hybridized carbons (Fsp3) is 0.200. The quantitative estimate of drug-likeness (QED) is 0.122. The molecule has 1 heterocycles. The molecule has 0 bridgehead atoms. The van der Waals surface area contributed by atoms with E-state index in [4.69, 9.17) is 4.74 Å². The first kappa shape index (κ1) is 30.4. The molecule has 0 saturated heterocycles. The van der Waals surface area contributed by atoms with Crippen LogP contribution in [0.3, 0.4) is 0 Å². The van der Waals surface area contributed by atoms with Gasteiger partial charge in [0.25, 0.3) is 0 Å². The third kappa shape index (κ3) is 7.05. The zero-order valence-corrected chi connectivity index (χ0v) is 26.4. The Balaban J connectivity index is 1.01. The van der Waals surface area contributed by atoms with E-state index in [1.54, 1.807) is 24.3 Å². The van der Waals surface area contributed by atoms with Crippen molar-refractivity contribution in [2.75, 3.05) is 4.90 Å². The van der Waals surface area contributed by atoms with Crippen molar-refractivity contribution in [1.29, 1.82) is 0 Å². The summed E-state index contributed by atoms with van der Waals surface area (Å²) in [4.78, 5) is 2.70. The van der Waals surface area contributed by atoms with Crippen molar-refractivity contribution in [1.82, 2.24) is 0 Å². The highest BCUT2D eigenvalue weighted by Gasteiger charge is 2.26. The first-order valence-corrected chi connectivity index (χ1v) is 17.3. The summed E-state index contributed by atoms with van der Waals surface area (Å²) in [5, 5.41) is 0. The Hall–Kier alpha value is -4.61. The van der Waals surface area contributed by atoms with Gasteiger partial charge in [0.2, 0.25) is 9.84 Å². The molecule has 0 N–H and O–H groups in total. The maximum atomic E-state index is 13.5. The fourth-order valence-corrected chi connectivity index (χ4v) is 7.18. The molecule has 1 aliphatic rings. The van der Waals surface area contributed by atoms with E-state index in [0.29, 0.717) is 4.90 Å². The zero-order valence-electron chi connectivity index (χ0n) is 25.6. The van der Waals surface area contributed by atoms with Gasteiger partial charge in [0.15, 0.2) is 11.5 Å². The van der Waals surface area contributed by atoms with Crippen LogP contribution in [0.1, 0.15) is 55.2 Å². The van der Waals surface area contributed by atoms with Crippen molar-refractivity contribution >= 4 is 33.0 Å². The minimum atomic E-state index is -3.63. The van der Waals surface area contributed by atoms with E-state index in [1.165, 1.54) is 48.8 Å². The first-order chi connectivity index (χ1) is 22.0. The fourth-order valence-electron chi connectivity index (χ4n) is 5.91. The highest BCUT2D eigenvalue weighted by molar-refractivity contribution is 7.91. The van der Waals surface area contributed by atoms with Gasteiger partial charge in [0.1, 0.15) is 0 Å². The molecular weight excluding hydrogens is 575 g/mol. The van der Waals surface area contributed by atoms with E-state index < -0.39 is 9.84 Å². The molecule has 5 aromatic rings. The Morgan fingerprint density at radius 2 is 1.00 bits per heavy atom.